The maximum Gasteiger partial charge on any atom is 0.115 e. The normalized spacial score (nSPS) is 10.9. The molecule has 0 N–H and O–H groups in total. The van der Waals surface area contributed by atoms with Gasteiger partial charge in [-0.05, 0) is 102 Å². The summed E-state index contributed by atoms with van der Waals surface area (Å²) in [5, 5.41) is 0. The van der Waals surface area contributed by atoms with Gasteiger partial charge >= 0.3 is 0 Å². The SMILES string of the molecule is C#Cc1ccc(-c2nc3c(-c4ccc(C(=C(c5ccccc5)c5ccccc5)c5ccccc5)cc4)c4nsnc4c(-c4ccc(C(=C(c5ccccc5)c5ccccc5)c5ccccc5)cc4)c3nc2-c2ccc(C#C)cc2)cc1. The van der Waals surface area contributed by atoms with Gasteiger partial charge in [-0.25, -0.2) is 9.97 Å². The molecule has 0 spiro atoms. The fourth-order valence-electron chi connectivity index (χ4n) is 11.0. The van der Waals surface area contributed by atoms with Gasteiger partial charge < -0.3 is 0 Å². The van der Waals surface area contributed by atoms with Gasteiger partial charge in [0.15, 0.2) is 0 Å². The third-order valence-corrected chi connectivity index (χ3v) is 15.3. The number of hydrogen-bond acceptors (Lipinski definition) is 5. The summed E-state index contributed by atoms with van der Waals surface area (Å²) in [5.41, 5.74) is 24.4. The molecule has 2 aromatic heterocycles. The molecule has 0 unspecified atom stereocenters. The number of terminal acetylenes is 2. The molecule has 0 saturated carbocycles. The summed E-state index contributed by atoms with van der Waals surface area (Å²) in [6.07, 6.45) is 11.8. The van der Waals surface area contributed by atoms with Crippen molar-refractivity contribution in [2.45, 2.75) is 0 Å². The molecule has 5 heteroatoms. The van der Waals surface area contributed by atoms with E-state index < -0.39 is 0 Å². The van der Waals surface area contributed by atoms with Crippen LogP contribution in [0.15, 0.2) is 279 Å². The van der Waals surface area contributed by atoms with Crippen molar-refractivity contribution in [1.29, 1.82) is 0 Å². The van der Waals surface area contributed by atoms with E-state index in [1.165, 1.54) is 11.7 Å². The first-order valence-electron chi connectivity index (χ1n) is 26.8. The van der Waals surface area contributed by atoms with Crippen LogP contribution in [0, 0.1) is 24.7 Å². The Bertz CT molecular complexity index is 4160. The predicted octanol–water partition coefficient (Wildman–Crippen LogP) is 18.3. The minimum absolute atomic E-state index is 0.690. The van der Waals surface area contributed by atoms with Crippen LogP contribution in [0.25, 0.3) is 89.1 Å². The lowest BCUT2D eigenvalue weighted by Crippen LogP contribution is -2.01. The summed E-state index contributed by atoms with van der Waals surface area (Å²) in [4.78, 5) is 11.5. The lowest BCUT2D eigenvalue weighted by molar-refractivity contribution is 1.29. The molecule has 0 aliphatic rings. The molecule has 0 atom stereocenters. The first kappa shape index (κ1) is 49.7. The van der Waals surface area contributed by atoms with E-state index in [1.807, 2.05) is 48.5 Å². The Kier molecular flexibility index (Phi) is 13.7. The maximum absolute atomic E-state index is 5.91. The van der Waals surface area contributed by atoms with Gasteiger partial charge in [0.05, 0.1) is 23.1 Å². The van der Waals surface area contributed by atoms with Crippen molar-refractivity contribution in [3.05, 3.63) is 335 Å². The van der Waals surface area contributed by atoms with E-state index in [1.54, 1.807) is 0 Å². The van der Waals surface area contributed by atoms with E-state index in [2.05, 4.69) is 242 Å². The van der Waals surface area contributed by atoms with Gasteiger partial charge in [-0.2, -0.15) is 8.75 Å². The molecule has 11 aromatic carbocycles. The van der Waals surface area contributed by atoms with E-state index in [0.29, 0.717) is 22.4 Å². The fourth-order valence-corrected chi connectivity index (χ4v) is 11.5. The van der Waals surface area contributed by atoms with Crippen molar-refractivity contribution in [2.75, 3.05) is 0 Å². The Morgan fingerprint density at radius 2 is 0.494 bits per heavy atom. The minimum Gasteiger partial charge on any atom is -0.243 e. The van der Waals surface area contributed by atoms with Crippen LogP contribution in [0.2, 0.25) is 0 Å². The van der Waals surface area contributed by atoms with Crippen LogP contribution in [0.5, 0.6) is 0 Å². The fraction of sp³-hybridized carbons (Fsp3) is 0. The Morgan fingerprint density at radius 1 is 0.259 bits per heavy atom. The molecule has 0 bridgehead atoms. The van der Waals surface area contributed by atoms with Crippen molar-refractivity contribution in [3.63, 3.8) is 0 Å². The molecule has 0 aliphatic carbocycles. The Labute approximate surface area is 476 Å². The molecular weight excluding hydrogens is 1000 g/mol. The molecule has 0 saturated heterocycles. The molecule has 4 nitrogen and oxygen atoms in total. The van der Waals surface area contributed by atoms with Crippen molar-refractivity contribution < 1.29 is 0 Å². The number of nitrogens with zero attached hydrogens (tertiary/aromatic N) is 4. The Morgan fingerprint density at radius 3 is 0.741 bits per heavy atom. The summed E-state index contributed by atoms with van der Waals surface area (Å²) in [5.74, 6) is 5.57. The van der Waals surface area contributed by atoms with Crippen LogP contribution >= 0.6 is 11.7 Å². The lowest BCUT2D eigenvalue weighted by atomic mass is 9.85. The van der Waals surface area contributed by atoms with E-state index >= 15 is 0 Å². The monoisotopic (exact) mass is 1050 g/mol. The first-order valence-corrected chi connectivity index (χ1v) is 27.5. The number of aromatic nitrogens is 4. The maximum atomic E-state index is 5.91. The van der Waals surface area contributed by atoms with Gasteiger partial charge in [-0.3, -0.25) is 0 Å². The molecule has 2 heterocycles. The highest BCUT2D eigenvalue weighted by Gasteiger charge is 2.27. The molecule has 378 valence electrons. The third-order valence-electron chi connectivity index (χ3n) is 14.8. The predicted molar refractivity (Wildman–Crippen MR) is 337 cm³/mol. The van der Waals surface area contributed by atoms with Gasteiger partial charge in [0, 0.05) is 33.4 Å². The highest BCUT2D eigenvalue weighted by atomic mass is 32.1. The molecule has 0 aliphatic heterocycles. The minimum atomic E-state index is 0.690. The van der Waals surface area contributed by atoms with Gasteiger partial charge in [-0.15, -0.1) is 12.8 Å². The second-order valence-electron chi connectivity index (χ2n) is 19.6. The van der Waals surface area contributed by atoms with Gasteiger partial charge in [0.2, 0.25) is 0 Å². The molecule has 0 radical (unpaired) electrons. The van der Waals surface area contributed by atoms with Crippen LogP contribution in [-0.2, 0) is 0 Å². The summed E-state index contributed by atoms with van der Waals surface area (Å²) < 4.78 is 10.3. The highest BCUT2D eigenvalue weighted by molar-refractivity contribution is 7.00. The molecule has 13 rings (SSSR count). The summed E-state index contributed by atoms with van der Waals surface area (Å²) >= 11 is 1.19. The van der Waals surface area contributed by atoms with Gasteiger partial charge in [0.1, 0.15) is 22.1 Å². The molecular formula is C76H48N4S. The number of hydrogen-bond donors (Lipinski definition) is 0. The Balaban J connectivity index is 1.07. The number of benzene rings is 11. The average Bonchev–Trinajstić information content (AvgIpc) is 4.12. The second-order valence-corrected chi connectivity index (χ2v) is 20.2. The number of fused-ring (bicyclic) bond motifs is 2. The highest BCUT2D eigenvalue weighted by Crippen LogP contribution is 2.46. The van der Waals surface area contributed by atoms with Crippen molar-refractivity contribution in [3.8, 4) is 69.5 Å². The third kappa shape index (κ3) is 9.72. The quantitative estimate of drug-likeness (QED) is 0.0904. The van der Waals surface area contributed by atoms with E-state index in [-0.39, 0.29) is 0 Å². The Hall–Kier alpha value is -10.8. The summed E-state index contributed by atoms with van der Waals surface area (Å²) in [7, 11) is 0. The van der Waals surface area contributed by atoms with Gasteiger partial charge in [0.25, 0.3) is 0 Å². The lowest BCUT2D eigenvalue weighted by Gasteiger charge is -2.20. The van der Waals surface area contributed by atoms with Crippen LogP contribution < -0.4 is 0 Å². The van der Waals surface area contributed by atoms with Crippen LogP contribution in [0.3, 0.4) is 0 Å². The molecule has 0 amide bonds. The first-order chi connectivity index (χ1) is 40.1. The largest absolute Gasteiger partial charge is 0.243 e. The van der Waals surface area contributed by atoms with Crippen LogP contribution in [-0.4, -0.2) is 18.7 Å². The van der Waals surface area contributed by atoms with Crippen molar-refractivity contribution >= 4 is 56.1 Å². The molecule has 13 aromatic rings. The van der Waals surface area contributed by atoms with E-state index in [4.69, 9.17) is 31.6 Å². The van der Waals surface area contributed by atoms with Crippen LogP contribution in [0.4, 0.5) is 0 Å². The zero-order valence-corrected chi connectivity index (χ0v) is 44.7. The zero-order chi connectivity index (χ0) is 54.5. The second kappa shape index (κ2) is 22.3. The van der Waals surface area contributed by atoms with Crippen LogP contribution in [0.1, 0.15) is 55.6 Å². The van der Waals surface area contributed by atoms with Crippen molar-refractivity contribution in [1.82, 2.24) is 18.7 Å². The zero-order valence-electron chi connectivity index (χ0n) is 43.9. The summed E-state index contributed by atoms with van der Waals surface area (Å²) in [6.45, 7) is 0. The van der Waals surface area contributed by atoms with Crippen molar-refractivity contribution in [2.24, 2.45) is 0 Å². The smallest absolute Gasteiger partial charge is 0.115 e. The molecule has 0 fully saturated rings. The average molecular weight is 1050 g/mol. The van der Waals surface area contributed by atoms with E-state index in [0.717, 1.165) is 122 Å². The standard InChI is InChI=1S/C76H48N4S/c1-3-51-35-39-63(40-36-51)71-72(64-41-37-52(4-2)38-42-64)78-74-70(62-49-45-60(46-50-62)68(58-33-21-10-22-34-58)66(55-27-15-7-16-28-55)56-29-17-8-18-30-56)76-75(79-81-80-76)69(73(74)77-71)61-47-43-59(44-48-61)67(57-31-19-9-20-32-57)65(53-23-11-5-12-24-53)54-25-13-6-14-26-54/h1-2,5-50H. The molecule has 81 heavy (non-hydrogen) atoms. The topological polar surface area (TPSA) is 51.6 Å². The van der Waals surface area contributed by atoms with Gasteiger partial charge in [-0.1, -0.05) is 267 Å². The summed E-state index contributed by atoms with van der Waals surface area (Å²) in [6, 6.07) is 97.4. The van der Waals surface area contributed by atoms with E-state index in [9.17, 15) is 0 Å². The number of rotatable bonds is 12.